The molecule has 2 aliphatic carbocycles. The van der Waals surface area contributed by atoms with Crippen LogP contribution in [0.25, 0.3) is 0 Å². The fraction of sp³-hybridized carbons (Fsp3) is 0.455. The molecule has 1 fully saturated rings. The van der Waals surface area contributed by atoms with E-state index in [1.165, 1.54) is 36.1 Å². The van der Waals surface area contributed by atoms with Gasteiger partial charge in [-0.2, -0.15) is 0 Å². The summed E-state index contributed by atoms with van der Waals surface area (Å²) in [7, 11) is 0. The van der Waals surface area contributed by atoms with Crippen molar-refractivity contribution in [1.82, 2.24) is 5.32 Å². The van der Waals surface area contributed by atoms with Crippen molar-refractivity contribution in [3.05, 3.63) is 45.8 Å². The quantitative estimate of drug-likeness (QED) is 0.719. The maximum absolute atomic E-state index is 13.1. The minimum atomic E-state index is 0.0548. The fourth-order valence-corrected chi connectivity index (χ4v) is 5.31. The number of carbonyl (C=O) groups is 1. The third kappa shape index (κ3) is 4.24. The highest BCUT2D eigenvalue weighted by Crippen LogP contribution is 2.40. The number of carbonyl (C=O) groups excluding carboxylic acids is 1. The number of aliphatic imine (C=N–C) groups is 1. The minimum absolute atomic E-state index is 0.0548. The monoisotopic (exact) mass is 382 g/mol. The number of phenols is 1. The summed E-state index contributed by atoms with van der Waals surface area (Å²) < 4.78 is 0. The summed E-state index contributed by atoms with van der Waals surface area (Å²) in [5, 5.41) is 13.5. The molecule has 0 atom stereocenters. The van der Waals surface area contributed by atoms with Gasteiger partial charge in [-0.05, 0) is 73.9 Å². The molecule has 1 amide bonds. The van der Waals surface area contributed by atoms with Crippen LogP contribution in [0, 0.1) is 0 Å². The van der Waals surface area contributed by atoms with Crippen molar-refractivity contribution in [2.45, 2.75) is 63.8 Å². The van der Waals surface area contributed by atoms with Gasteiger partial charge < -0.3 is 10.4 Å². The number of fused-ring (bicyclic) bond motifs is 1. The summed E-state index contributed by atoms with van der Waals surface area (Å²) in [4.78, 5) is 19.1. The highest BCUT2D eigenvalue weighted by molar-refractivity contribution is 7.16. The first-order valence-electron chi connectivity index (χ1n) is 9.99. The lowest BCUT2D eigenvalue weighted by Crippen LogP contribution is -2.36. The van der Waals surface area contributed by atoms with E-state index in [1.54, 1.807) is 29.7 Å². The van der Waals surface area contributed by atoms with Gasteiger partial charge in [-0.25, -0.2) is 4.99 Å². The average molecular weight is 383 g/mol. The van der Waals surface area contributed by atoms with E-state index in [-0.39, 0.29) is 11.7 Å². The van der Waals surface area contributed by atoms with Crippen LogP contribution in [0.5, 0.6) is 5.75 Å². The number of aryl methyl sites for hydroxylation is 1. The van der Waals surface area contributed by atoms with Gasteiger partial charge in [0.2, 0.25) is 0 Å². The van der Waals surface area contributed by atoms with Crippen LogP contribution < -0.4 is 5.32 Å². The number of thiophene rings is 1. The number of rotatable bonds is 4. The van der Waals surface area contributed by atoms with Gasteiger partial charge in [0.1, 0.15) is 10.8 Å². The number of amides is 1. The number of aromatic hydroxyl groups is 1. The van der Waals surface area contributed by atoms with E-state index in [1.807, 2.05) is 12.1 Å². The molecule has 0 radical (unpaired) electrons. The number of nitrogens with zero attached hydrogens (tertiary/aromatic N) is 1. The summed E-state index contributed by atoms with van der Waals surface area (Å²) in [6.45, 7) is 0. The Labute approximate surface area is 164 Å². The highest BCUT2D eigenvalue weighted by atomic mass is 32.1. The molecule has 5 heteroatoms. The van der Waals surface area contributed by atoms with Crippen LogP contribution in [0.1, 0.15) is 71.3 Å². The molecule has 1 aromatic heterocycles. The Morgan fingerprint density at radius 2 is 1.81 bits per heavy atom. The van der Waals surface area contributed by atoms with E-state index in [2.05, 4.69) is 10.3 Å². The second kappa shape index (κ2) is 8.26. The third-order valence-corrected chi connectivity index (χ3v) is 6.74. The van der Waals surface area contributed by atoms with E-state index in [0.29, 0.717) is 6.04 Å². The van der Waals surface area contributed by atoms with E-state index in [0.717, 1.165) is 48.2 Å². The van der Waals surface area contributed by atoms with Gasteiger partial charge in [-0.15, -0.1) is 11.3 Å². The Bertz CT molecular complexity index is 833. The summed E-state index contributed by atoms with van der Waals surface area (Å²) in [6.07, 6.45) is 12.0. The van der Waals surface area contributed by atoms with Crippen molar-refractivity contribution >= 4 is 28.5 Å². The zero-order chi connectivity index (χ0) is 18.6. The number of hydrogen-bond acceptors (Lipinski definition) is 4. The van der Waals surface area contributed by atoms with Crippen molar-refractivity contribution in [2.75, 3.05) is 0 Å². The largest absolute Gasteiger partial charge is 0.508 e. The fourth-order valence-electron chi connectivity index (χ4n) is 4.07. The first-order valence-corrected chi connectivity index (χ1v) is 10.8. The predicted molar refractivity (Wildman–Crippen MR) is 111 cm³/mol. The molecule has 142 valence electrons. The molecule has 0 aliphatic heterocycles. The van der Waals surface area contributed by atoms with Gasteiger partial charge in [-0.3, -0.25) is 4.79 Å². The number of phenolic OH excluding ortho intramolecular Hbond substituents is 1. The van der Waals surface area contributed by atoms with Crippen LogP contribution in [-0.2, 0) is 12.8 Å². The first-order chi connectivity index (χ1) is 13.2. The summed E-state index contributed by atoms with van der Waals surface area (Å²) >= 11 is 1.67. The van der Waals surface area contributed by atoms with Gasteiger partial charge in [-0.1, -0.05) is 19.3 Å². The van der Waals surface area contributed by atoms with E-state index >= 15 is 0 Å². The minimum Gasteiger partial charge on any atom is -0.508 e. The van der Waals surface area contributed by atoms with Gasteiger partial charge in [0.05, 0.1) is 5.56 Å². The molecule has 2 aromatic rings. The smallest absolute Gasteiger partial charge is 0.254 e. The van der Waals surface area contributed by atoms with Crippen LogP contribution in [-0.4, -0.2) is 23.3 Å². The van der Waals surface area contributed by atoms with Crippen LogP contribution in [0.3, 0.4) is 0 Å². The van der Waals surface area contributed by atoms with Crippen LogP contribution in [0.4, 0.5) is 5.00 Å². The first kappa shape index (κ1) is 18.2. The summed E-state index contributed by atoms with van der Waals surface area (Å²) in [6, 6.07) is 7.26. The molecule has 4 rings (SSSR count). The molecule has 0 spiro atoms. The number of nitrogens with one attached hydrogen (secondary N) is 1. The Hall–Kier alpha value is -2.14. The van der Waals surface area contributed by atoms with Crippen molar-refractivity contribution in [1.29, 1.82) is 0 Å². The number of hydrogen-bond donors (Lipinski definition) is 2. The van der Waals surface area contributed by atoms with E-state index < -0.39 is 0 Å². The zero-order valence-electron chi connectivity index (χ0n) is 15.5. The molecule has 2 N–H and O–H groups in total. The Kier molecular flexibility index (Phi) is 5.58. The Balaban J connectivity index is 1.61. The van der Waals surface area contributed by atoms with Gasteiger partial charge in [0, 0.05) is 17.1 Å². The molecule has 4 nitrogen and oxygen atoms in total. The molecule has 0 bridgehead atoms. The van der Waals surface area contributed by atoms with Crippen molar-refractivity contribution in [3.8, 4) is 5.75 Å². The molecule has 1 heterocycles. The van der Waals surface area contributed by atoms with E-state index in [9.17, 15) is 9.90 Å². The van der Waals surface area contributed by atoms with Crippen LogP contribution in [0.2, 0.25) is 0 Å². The van der Waals surface area contributed by atoms with Crippen molar-refractivity contribution in [3.63, 3.8) is 0 Å². The molecule has 0 saturated heterocycles. The summed E-state index contributed by atoms with van der Waals surface area (Å²) in [5.74, 6) is 0.297. The molecule has 27 heavy (non-hydrogen) atoms. The van der Waals surface area contributed by atoms with Crippen LogP contribution >= 0.6 is 11.3 Å². The Morgan fingerprint density at radius 3 is 2.59 bits per heavy atom. The van der Waals surface area contributed by atoms with Gasteiger partial charge in [0.15, 0.2) is 0 Å². The lowest BCUT2D eigenvalue weighted by Gasteiger charge is -2.23. The molecule has 1 aromatic carbocycles. The molecule has 0 unspecified atom stereocenters. The van der Waals surface area contributed by atoms with E-state index in [4.69, 9.17) is 0 Å². The second-order valence-corrected chi connectivity index (χ2v) is 8.63. The van der Waals surface area contributed by atoms with Crippen molar-refractivity contribution in [2.24, 2.45) is 4.99 Å². The normalized spacial score (nSPS) is 17.8. The molecule has 1 saturated carbocycles. The lowest BCUT2D eigenvalue weighted by molar-refractivity contribution is 0.0927. The highest BCUT2D eigenvalue weighted by Gasteiger charge is 2.27. The molecule has 2 aliphatic rings. The van der Waals surface area contributed by atoms with Crippen molar-refractivity contribution < 1.29 is 9.90 Å². The maximum atomic E-state index is 13.1. The van der Waals surface area contributed by atoms with Crippen LogP contribution in [0.15, 0.2) is 29.3 Å². The van der Waals surface area contributed by atoms with Gasteiger partial charge in [0.25, 0.3) is 5.91 Å². The topological polar surface area (TPSA) is 61.7 Å². The summed E-state index contributed by atoms with van der Waals surface area (Å²) in [5.41, 5.74) is 2.94. The zero-order valence-corrected chi connectivity index (χ0v) is 16.4. The Morgan fingerprint density at radius 1 is 1.07 bits per heavy atom. The SMILES string of the molecule is O=C(NC1CCCCC1)c1c(N=Cc2ccc(O)cc2)sc2c1CCCC2. The molecular weight excluding hydrogens is 356 g/mol. The predicted octanol–water partition coefficient (Wildman–Crippen LogP) is 5.15. The second-order valence-electron chi connectivity index (χ2n) is 7.55. The van der Waals surface area contributed by atoms with Gasteiger partial charge >= 0.3 is 0 Å². The number of benzene rings is 1. The molecular formula is C22H26N2O2S. The third-order valence-electron chi connectivity index (χ3n) is 5.54. The lowest BCUT2D eigenvalue weighted by atomic mass is 9.93. The maximum Gasteiger partial charge on any atom is 0.254 e. The standard InChI is InChI=1S/C22H26N2O2S/c25-17-12-10-15(11-13-17)14-23-22-20(18-8-4-5-9-19(18)27-22)21(26)24-16-6-2-1-3-7-16/h10-14,16,25H,1-9H2,(H,24,26). The average Bonchev–Trinajstić information content (AvgIpc) is 3.07.